The van der Waals surface area contributed by atoms with Gasteiger partial charge in [-0.05, 0) is 76.0 Å². The van der Waals surface area contributed by atoms with Crippen molar-refractivity contribution in [2.24, 2.45) is 17.8 Å². The van der Waals surface area contributed by atoms with E-state index in [2.05, 4.69) is 26.0 Å². The highest BCUT2D eigenvalue weighted by molar-refractivity contribution is 4.83. The second kappa shape index (κ2) is 11.3. The Morgan fingerprint density at radius 2 is 1.39 bits per heavy atom. The minimum absolute atomic E-state index is 0.583. The van der Waals surface area contributed by atoms with Crippen LogP contribution in [0, 0.1) is 17.8 Å². The SMILES string of the molecule is C/C=C/CC1CCC(CCC2CCC(OCCCC)CC2)CC1. The molecule has 0 atom stereocenters. The van der Waals surface area contributed by atoms with Gasteiger partial charge in [0.25, 0.3) is 0 Å². The van der Waals surface area contributed by atoms with Crippen LogP contribution in [-0.4, -0.2) is 12.7 Å². The molecule has 0 spiro atoms. The molecule has 0 bridgehead atoms. The van der Waals surface area contributed by atoms with Gasteiger partial charge in [0, 0.05) is 6.61 Å². The fourth-order valence-electron chi connectivity index (χ4n) is 4.54. The molecule has 1 heteroatoms. The van der Waals surface area contributed by atoms with Crippen LogP contribution in [0.3, 0.4) is 0 Å². The van der Waals surface area contributed by atoms with Crippen molar-refractivity contribution in [3.8, 4) is 0 Å². The van der Waals surface area contributed by atoms with E-state index in [1.807, 2.05) is 0 Å². The molecule has 0 aliphatic heterocycles. The zero-order valence-corrected chi connectivity index (χ0v) is 15.8. The van der Waals surface area contributed by atoms with Crippen molar-refractivity contribution < 1.29 is 4.74 Å². The van der Waals surface area contributed by atoms with E-state index in [4.69, 9.17) is 4.74 Å². The molecule has 0 aromatic rings. The van der Waals surface area contributed by atoms with E-state index >= 15 is 0 Å². The summed E-state index contributed by atoms with van der Waals surface area (Å²) in [6, 6.07) is 0. The molecule has 2 aliphatic carbocycles. The Morgan fingerprint density at radius 1 is 0.826 bits per heavy atom. The molecular formula is C22H40O. The van der Waals surface area contributed by atoms with Gasteiger partial charge in [-0.3, -0.25) is 0 Å². The van der Waals surface area contributed by atoms with Gasteiger partial charge >= 0.3 is 0 Å². The predicted octanol–water partition coefficient (Wildman–Crippen LogP) is 6.91. The summed E-state index contributed by atoms with van der Waals surface area (Å²) in [5, 5.41) is 0. The van der Waals surface area contributed by atoms with Crippen LogP contribution >= 0.6 is 0 Å². The van der Waals surface area contributed by atoms with Crippen LogP contribution in [0.5, 0.6) is 0 Å². The summed E-state index contributed by atoms with van der Waals surface area (Å²) in [4.78, 5) is 0. The standard InChI is InChI=1S/C22H40O/c1-3-5-7-19-8-10-20(11-9-19)12-13-21-14-16-22(17-15-21)23-18-6-4-2/h3,5,19-22H,4,6-18H2,1-2H3/b5-3+. The van der Waals surface area contributed by atoms with Gasteiger partial charge in [0.2, 0.25) is 0 Å². The molecule has 0 heterocycles. The number of ether oxygens (including phenoxy) is 1. The summed E-state index contributed by atoms with van der Waals surface area (Å²) < 4.78 is 6.00. The third-order valence-corrected chi connectivity index (χ3v) is 6.30. The van der Waals surface area contributed by atoms with E-state index in [0.717, 1.165) is 24.4 Å². The van der Waals surface area contributed by atoms with Crippen LogP contribution in [0.25, 0.3) is 0 Å². The lowest BCUT2D eigenvalue weighted by Gasteiger charge is -2.31. The smallest absolute Gasteiger partial charge is 0.0575 e. The monoisotopic (exact) mass is 320 g/mol. The molecular weight excluding hydrogens is 280 g/mol. The Morgan fingerprint density at radius 3 is 1.96 bits per heavy atom. The van der Waals surface area contributed by atoms with E-state index in [1.54, 1.807) is 0 Å². The molecule has 0 unspecified atom stereocenters. The molecule has 0 saturated heterocycles. The maximum atomic E-state index is 6.00. The lowest BCUT2D eigenvalue weighted by molar-refractivity contribution is 0.0150. The highest BCUT2D eigenvalue weighted by Gasteiger charge is 2.24. The summed E-state index contributed by atoms with van der Waals surface area (Å²) in [5.74, 6) is 3.02. The average Bonchev–Trinajstić information content (AvgIpc) is 2.60. The molecule has 0 amide bonds. The third kappa shape index (κ3) is 7.42. The van der Waals surface area contributed by atoms with Crippen molar-refractivity contribution >= 4 is 0 Å². The van der Waals surface area contributed by atoms with Gasteiger partial charge < -0.3 is 4.74 Å². The van der Waals surface area contributed by atoms with Crippen molar-refractivity contribution in [2.45, 2.75) is 103 Å². The predicted molar refractivity (Wildman–Crippen MR) is 101 cm³/mol. The normalized spacial score (nSPS) is 32.4. The van der Waals surface area contributed by atoms with Crippen LogP contribution < -0.4 is 0 Å². The highest BCUT2D eigenvalue weighted by Crippen LogP contribution is 2.36. The Hall–Kier alpha value is -0.300. The van der Waals surface area contributed by atoms with Crippen LogP contribution in [0.2, 0.25) is 0 Å². The molecule has 2 rings (SSSR count). The number of hydrogen-bond donors (Lipinski definition) is 0. The summed E-state index contributed by atoms with van der Waals surface area (Å²) >= 11 is 0. The molecule has 134 valence electrons. The molecule has 2 fully saturated rings. The fraction of sp³-hybridized carbons (Fsp3) is 0.909. The first-order valence-electron chi connectivity index (χ1n) is 10.5. The topological polar surface area (TPSA) is 9.23 Å². The van der Waals surface area contributed by atoms with Crippen LogP contribution in [0.15, 0.2) is 12.2 Å². The van der Waals surface area contributed by atoms with E-state index in [9.17, 15) is 0 Å². The van der Waals surface area contributed by atoms with Gasteiger partial charge in [0.15, 0.2) is 0 Å². The van der Waals surface area contributed by atoms with Crippen molar-refractivity contribution in [1.82, 2.24) is 0 Å². The van der Waals surface area contributed by atoms with Crippen molar-refractivity contribution in [3.05, 3.63) is 12.2 Å². The summed E-state index contributed by atoms with van der Waals surface area (Å²) in [6.45, 7) is 5.38. The Labute approximate surface area is 145 Å². The quantitative estimate of drug-likeness (QED) is 0.331. The zero-order valence-electron chi connectivity index (χ0n) is 15.8. The van der Waals surface area contributed by atoms with Crippen LogP contribution in [0.1, 0.15) is 97.3 Å². The lowest BCUT2D eigenvalue weighted by Crippen LogP contribution is -2.23. The lowest BCUT2D eigenvalue weighted by atomic mass is 9.76. The fourth-order valence-corrected chi connectivity index (χ4v) is 4.54. The van der Waals surface area contributed by atoms with Gasteiger partial charge in [0.05, 0.1) is 6.10 Å². The molecule has 0 aromatic heterocycles. The van der Waals surface area contributed by atoms with Gasteiger partial charge in [0.1, 0.15) is 0 Å². The Balaban J connectivity index is 1.52. The number of allylic oxidation sites excluding steroid dienone is 2. The molecule has 1 nitrogen and oxygen atoms in total. The molecule has 2 aliphatic rings. The summed E-state index contributed by atoms with van der Waals surface area (Å²) in [6.07, 6.45) is 23.4. The number of rotatable bonds is 9. The van der Waals surface area contributed by atoms with Crippen LogP contribution in [-0.2, 0) is 4.74 Å². The third-order valence-electron chi connectivity index (χ3n) is 6.30. The largest absolute Gasteiger partial charge is 0.378 e. The zero-order chi connectivity index (χ0) is 16.3. The average molecular weight is 321 g/mol. The summed E-state index contributed by atoms with van der Waals surface area (Å²) in [5.41, 5.74) is 0. The first-order valence-corrected chi connectivity index (χ1v) is 10.5. The van der Waals surface area contributed by atoms with E-state index < -0.39 is 0 Å². The minimum atomic E-state index is 0.583. The minimum Gasteiger partial charge on any atom is -0.378 e. The first-order chi connectivity index (χ1) is 11.3. The Kier molecular flexibility index (Phi) is 9.34. The van der Waals surface area contributed by atoms with Gasteiger partial charge in [-0.25, -0.2) is 0 Å². The molecule has 0 aromatic carbocycles. The van der Waals surface area contributed by atoms with Crippen molar-refractivity contribution in [2.75, 3.05) is 6.61 Å². The van der Waals surface area contributed by atoms with Gasteiger partial charge in [-0.15, -0.1) is 0 Å². The first kappa shape index (κ1) is 19.0. The van der Waals surface area contributed by atoms with E-state index in [-0.39, 0.29) is 0 Å². The maximum Gasteiger partial charge on any atom is 0.0575 e. The number of unbranched alkanes of at least 4 members (excludes halogenated alkanes) is 1. The maximum absolute atomic E-state index is 6.00. The second-order valence-electron chi connectivity index (χ2n) is 8.14. The van der Waals surface area contributed by atoms with E-state index in [0.29, 0.717) is 6.10 Å². The molecule has 0 radical (unpaired) electrons. The molecule has 0 N–H and O–H groups in total. The second-order valence-corrected chi connectivity index (χ2v) is 8.14. The number of hydrogen-bond acceptors (Lipinski definition) is 1. The van der Waals surface area contributed by atoms with Crippen molar-refractivity contribution in [1.29, 1.82) is 0 Å². The van der Waals surface area contributed by atoms with Crippen molar-refractivity contribution in [3.63, 3.8) is 0 Å². The van der Waals surface area contributed by atoms with Gasteiger partial charge in [-0.1, -0.05) is 51.2 Å². The van der Waals surface area contributed by atoms with Crippen LogP contribution in [0.4, 0.5) is 0 Å². The van der Waals surface area contributed by atoms with Gasteiger partial charge in [-0.2, -0.15) is 0 Å². The Bertz CT molecular complexity index is 306. The molecule has 2 saturated carbocycles. The summed E-state index contributed by atoms with van der Waals surface area (Å²) in [7, 11) is 0. The highest BCUT2D eigenvalue weighted by atomic mass is 16.5. The van der Waals surface area contributed by atoms with E-state index in [1.165, 1.54) is 83.5 Å². The molecule has 23 heavy (non-hydrogen) atoms.